The number of carbonyl (C=O) groups excluding carboxylic acids is 1. The van der Waals surface area contributed by atoms with E-state index in [1.165, 1.54) is 18.2 Å². The summed E-state index contributed by atoms with van der Waals surface area (Å²) in [5.41, 5.74) is 5.43. The van der Waals surface area contributed by atoms with Crippen LogP contribution < -0.4 is 21.3 Å². The van der Waals surface area contributed by atoms with Gasteiger partial charge in [0.05, 0.1) is 0 Å². The van der Waals surface area contributed by atoms with Crippen LogP contribution in [0.1, 0.15) is 32.1 Å². The lowest BCUT2D eigenvalue weighted by atomic mass is 9.96. The van der Waals surface area contributed by atoms with Crippen LogP contribution in [0.4, 0.5) is 14.5 Å². The molecule has 4 N–H and O–H groups in total. The highest BCUT2D eigenvalue weighted by Gasteiger charge is 2.27. The molecular weight excluding hydrogens is 402 g/mol. The number of likely N-dealkylation sites (tertiary alicyclic amines) is 1. The van der Waals surface area contributed by atoms with Gasteiger partial charge in [-0.05, 0) is 63.9 Å². The van der Waals surface area contributed by atoms with Gasteiger partial charge in [-0.25, -0.2) is 8.78 Å². The smallest absolute Gasteiger partial charge is 0.220 e. The fourth-order valence-electron chi connectivity index (χ4n) is 4.37. The number of halogens is 2. The van der Waals surface area contributed by atoms with Gasteiger partial charge in [-0.15, -0.1) is 0 Å². The zero-order chi connectivity index (χ0) is 22.2. The van der Waals surface area contributed by atoms with Crippen molar-refractivity contribution in [1.82, 2.24) is 15.5 Å². The van der Waals surface area contributed by atoms with Crippen LogP contribution in [0.25, 0.3) is 0 Å². The first kappa shape index (κ1) is 23.2. The van der Waals surface area contributed by atoms with Crippen LogP contribution in [0.2, 0.25) is 0 Å². The number of hydrogen-bond donors (Lipinski definition) is 3. The maximum atomic E-state index is 14.0. The first-order valence-corrected chi connectivity index (χ1v) is 11.2. The van der Waals surface area contributed by atoms with E-state index in [0.717, 1.165) is 58.3 Å². The quantitative estimate of drug-likeness (QED) is 0.328. The van der Waals surface area contributed by atoms with E-state index in [0.29, 0.717) is 19.0 Å². The Hall–Kier alpha value is -2.42. The lowest BCUT2D eigenvalue weighted by Gasteiger charge is -2.30. The average molecular weight is 437 g/mol. The van der Waals surface area contributed by atoms with Crippen molar-refractivity contribution in [3.05, 3.63) is 29.8 Å². The van der Waals surface area contributed by atoms with E-state index in [2.05, 4.69) is 20.5 Å². The van der Waals surface area contributed by atoms with Crippen molar-refractivity contribution < 1.29 is 13.6 Å². The van der Waals surface area contributed by atoms with E-state index in [4.69, 9.17) is 5.73 Å². The number of primary amides is 1. The van der Waals surface area contributed by atoms with Crippen molar-refractivity contribution in [2.45, 2.75) is 38.1 Å². The number of piperidine rings is 1. The van der Waals surface area contributed by atoms with Crippen molar-refractivity contribution in [3.8, 4) is 0 Å². The van der Waals surface area contributed by atoms with Crippen molar-refractivity contribution >= 4 is 17.6 Å². The molecule has 1 aromatic carbocycles. The van der Waals surface area contributed by atoms with Crippen molar-refractivity contribution in [2.75, 3.05) is 51.2 Å². The van der Waals surface area contributed by atoms with Crippen LogP contribution in [-0.4, -0.2) is 69.1 Å². The molecule has 7 nitrogen and oxygen atoms in total. The number of guanidine groups is 1. The van der Waals surface area contributed by atoms with E-state index in [1.807, 2.05) is 0 Å². The molecule has 0 aromatic heterocycles. The van der Waals surface area contributed by atoms with Gasteiger partial charge in [0.2, 0.25) is 5.91 Å². The lowest BCUT2D eigenvalue weighted by molar-refractivity contribution is -0.123. The predicted octanol–water partition coefficient (Wildman–Crippen LogP) is 1.69. The number of nitrogens with zero attached hydrogens (tertiary/aromatic N) is 3. The normalized spacial score (nSPS) is 20.8. The average Bonchev–Trinajstić information content (AvgIpc) is 3.20. The van der Waals surface area contributed by atoms with Crippen molar-refractivity contribution in [1.29, 1.82) is 0 Å². The summed E-state index contributed by atoms with van der Waals surface area (Å²) in [7, 11) is 1.72. The minimum atomic E-state index is -0.526. The second-order valence-electron chi connectivity index (χ2n) is 8.37. The molecule has 0 spiro atoms. The molecule has 1 amide bonds. The summed E-state index contributed by atoms with van der Waals surface area (Å²) in [6, 6.07) is 4.05. The van der Waals surface area contributed by atoms with E-state index >= 15 is 0 Å². The molecule has 0 radical (unpaired) electrons. The van der Waals surface area contributed by atoms with Gasteiger partial charge in [-0.3, -0.25) is 9.79 Å². The molecule has 2 heterocycles. The van der Waals surface area contributed by atoms with Gasteiger partial charge in [0, 0.05) is 38.6 Å². The largest absolute Gasteiger partial charge is 0.369 e. The second-order valence-corrected chi connectivity index (χ2v) is 8.37. The number of carbonyl (C=O) groups is 1. The van der Waals surface area contributed by atoms with Gasteiger partial charge < -0.3 is 26.2 Å². The minimum absolute atomic E-state index is 0.0358. The number of benzene rings is 1. The highest BCUT2D eigenvalue weighted by Crippen LogP contribution is 2.26. The fraction of sp³-hybridized carbons (Fsp3) is 0.636. The molecule has 2 aliphatic rings. The molecule has 1 atom stereocenters. The summed E-state index contributed by atoms with van der Waals surface area (Å²) >= 11 is 0. The molecule has 9 heteroatoms. The van der Waals surface area contributed by atoms with Gasteiger partial charge in [-0.1, -0.05) is 6.07 Å². The maximum absolute atomic E-state index is 14.0. The van der Waals surface area contributed by atoms with E-state index < -0.39 is 11.6 Å². The van der Waals surface area contributed by atoms with Gasteiger partial charge in [0.15, 0.2) is 5.96 Å². The third-order valence-corrected chi connectivity index (χ3v) is 6.19. The highest BCUT2D eigenvalue weighted by molar-refractivity contribution is 5.80. The van der Waals surface area contributed by atoms with Crippen LogP contribution in [0.3, 0.4) is 0 Å². The monoisotopic (exact) mass is 436 g/mol. The number of nitrogens with two attached hydrogens (primary N) is 1. The van der Waals surface area contributed by atoms with Gasteiger partial charge in [0.1, 0.15) is 17.3 Å². The first-order valence-electron chi connectivity index (χ1n) is 11.2. The number of para-hydroxylation sites is 1. The maximum Gasteiger partial charge on any atom is 0.220 e. The summed E-state index contributed by atoms with van der Waals surface area (Å²) in [5, 5.41) is 6.68. The standard InChI is InChI=1S/C22H34F2N6O/c1-26-22(27-10-2-3-11-29-12-7-16(8-13-29)21(25)31)28-17-9-14-30(15-17)20-18(23)5-4-6-19(20)24/h4-6,16-17H,2-3,7-15H2,1H3,(H2,25,31)(H2,26,27,28). The Morgan fingerprint density at radius 1 is 1.16 bits per heavy atom. The van der Waals surface area contributed by atoms with Crippen molar-refractivity contribution in [2.24, 2.45) is 16.6 Å². The molecule has 31 heavy (non-hydrogen) atoms. The zero-order valence-corrected chi connectivity index (χ0v) is 18.2. The van der Waals surface area contributed by atoms with Gasteiger partial charge in [0.25, 0.3) is 0 Å². The summed E-state index contributed by atoms with van der Waals surface area (Å²) in [4.78, 5) is 19.6. The van der Waals surface area contributed by atoms with Gasteiger partial charge in [-0.2, -0.15) is 0 Å². The van der Waals surface area contributed by atoms with Crippen LogP contribution in [0.15, 0.2) is 23.2 Å². The summed E-state index contributed by atoms with van der Waals surface area (Å²) < 4.78 is 28.0. The summed E-state index contributed by atoms with van der Waals surface area (Å²) in [5.74, 6) is -0.479. The number of rotatable bonds is 8. The Bertz CT molecular complexity index is 746. The van der Waals surface area contributed by atoms with E-state index in [9.17, 15) is 13.6 Å². The third-order valence-electron chi connectivity index (χ3n) is 6.19. The molecule has 2 saturated heterocycles. The SMILES string of the molecule is CN=C(NCCCCN1CCC(C(N)=O)CC1)NC1CCN(c2c(F)cccc2F)C1. The molecule has 1 unspecified atom stereocenters. The topological polar surface area (TPSA) is 86.0 Å². The molecule has 172 valence electrons. The highest BCUT2D eigenvalue weighted by atomic mass is 19.1. The number of amides is 1. The second kappa shape index (κ2) is 11.3. The van der Waals surface area contributed by atoms with Gasteiger partial charge >= 0.3 is 0 Å². The number of anilines is 1. The molecule has 0 bridgehead atoms. The van der Waals surface area contributed by atoms with Crippen LogP contribution in [-0.2, 0) is 4.79 Å². The summed E-state index contributed by atoms with van der Waals surface area (Å²) in [6.07, 6.45) is 4.58. The van der Waals surface area contributed by atoms with Crippen LogP contribution in [0.5, 0.6) is 0 Å². The molecule has 2 fully saturated rings. The van der Waals surface area contributed by atoms with Crippen molar-refractivity contribution in [3.63, 3.8) is 0 Å². The molecule has 1 aromatic rings. The van der Waals surface area contributed by atoms with E-state index in [-0.39, 0.29) is 23.6 Å². The predicted molar refractivity (Wildman–Crippen MR) is 119 cm³/mol. The molecular formula is C22H34F2N6O. The molecule has 2 aliphatic heterocycles. The molecule has 3 rings (SSSR count). The minimum Gasteiger partial charge on any atom is -0.369 e. The number of aliphatic imine (C=N–C) groups is 1. The number of nitrogens with one attached hydrogen (secondary N) is 2. The zero-order valence-electron chi connectivity index (χ0n) is 18.2. The Morgan fingerprint density at radius 2 is 1.87 bits per heavy atom. The lowest BCUT2D eigenvalue weighted by Crippen LogP contribution is -2.45. The Kier molecular flexibility index (Phi) is 8.45. The fourth-order valence-corrected chi connectivity index (χ4v) is 4.37. The van der Waals surface area contributed by atoms with E-state index in [1.54, 1.807) is 11.9 Å². The Morgan fingerprint density at radius 3 is 2.52 bits per heavy atom. The molecule has 0 aliphatic carbocycles. The number of unbranched alkanes of at least 4 members (excludes halogenated alkanes) is 1. The van der Waals surface area contributed by atoms with Crippen LogP contribution in [0, 0.1) is 17.6 Å². The third kappa shape index (κ3) is 6.53. The number of hydrogen-bond acceptors (Lipinski definition) is 4. The Labute approximate surface area is 183 Å². The van der Waals surface area contributed by atoms with Crippen LogP contribution >= 0.6 is 0 Å². The molecule has 0 saturated carbocycles. The Balaban J connectivity index is 1.33. The summed E-state index contributed by atoms with van der Waals surface area (Å²) in [6.45, 7) is 4.82. The first-order chi connectivity index (χ1) is 15.0.